The molecule has 2 amide bonds. The summed E-state index contributed by atoms with van der Waals surface area (Å²) in [4.78, 5) is 132. The van der Waals surface area contributed by atoms with Crippen LogP contribution in [0.25, 0.3) is 0 Å². The van der Waals surface area contributed by atoms with Gasteiger partial charge in [-0.25, -0.2) is 9.59 Å². The average Bonchev–Trinajstić information content (AvgIpc) is 1.62. The molecule has 6 aromatic carbocycles. The van der Waals surface area contributed by atoms with Crippen LogP contribution in [0, 0.1) is 63.5 Å². The van der Waals surface area contributed by atoms with E-state index in [0.717, 1.165) is 34.4 Å². The normalized spacial score (nSPS) is 20.7. The van der Waals surface area contributed by atoms with Crippen molar-refractivity contribution in [1.29, 1.82) is 0 Å². The number of aliphatic carboxylic acids is 1. The predicted octanol–water partition coefficient (Wildman–Crippen LogP) is 16.4. The van der Waals surface area contributed by atoms with Crippen LogP contribution in [0.2, 0.25) is 0 Å². The van der Waals surface area contributed by atoms with Gasteiger partial charge in [0.25, 0.3) is 0 Å². The number of carbonyl (C=O) groups is 10. The van der Waals surface area contributed by atoms with Gasteiger partial charge < -0.3 is 62.9 Å². The molecule has 122 heavy (non-hydrogen) atoms. The molecule has 4 unspecified atom stereocenters. The van der Waals surface area contributed by atoms with Crippen molar-refractivity contribution < 1.29 is 151 Å². The molecule has 3 radical (unpaired) electrons. The number of rotatable bonds is 24. The Labute approximate surface area is 760 Å². The second-order valence-corrected chi connectivity index (χ2v) is 34.7. The Kier molecular flexibility index (Phi) is 45.9. The van der Waals surface area contributed by atoms with Crippen molar-refractivity contribution in [1.82, 2.24) is 20.0 Å². The first-order chi connectivity index (χ1) is 54.5. The van der Waals surface area contributed by atoms with Crippen LogP contribution in [0.1, 0.15) is 192 Å². The molecule has 10 rings (SSSR count). The summed E-state index contributed by atoms with van der Waals surface area (Å²) in [7, 11) is 0. The number of hydrogen-bond acceptors (Lipinski definition) is 21. The minimum Gasteiger partial charge on any atom is -0.481 e. The molecule has 0 aromatic heterocycles. The summed E-state index contributed by atoms with van der Waals surface area (Å²) in [6.07, 6.45) is -1.50. The smallest absolute Gasteiger partial charge is 0.410 e. The second-order valence-electron chi connectivity index (χ2n) is 34.7. The van der Waals surface area contributed by atoms with Crippen molar-refractivity contribution in [2.24, 2.45) is 45.3 Å². The van der Waals surface area contributed by atoms with Crippen molar-refractivity contribution in [3.8, 4) is 0 Å². The van der Waals surface area contributed by atoms with E-state index >= 15 is 0 Å². The van der Waals surface area contributed by atoms with E-state index in [4.69, 9.17) is 42.6 Å². The number of nitrogens with one attached hydrogen (secondary N) is 1. The summed E-state index contributed by atoms with van der Waals surface area (Å²) in [6.45, 7) is 33.0. The van der Waals surface area contributed by atoms with E-state index in [0.29, 0.717) is 26.2 Å². The summed E-state index contributed by atoms with van der Waals surface area (Å²) < 4.78 is 49.7. The van der Waals surface area contributed by atoms with Crippen LogP contribution in [-0.4, -0.2) is 155 Å². The molecule has 667 valence electrons. The molecule has 0 saturated carbocycles. The maximum atomic E-state index is 13.4. The molecule has 0 spiro atoms. The standard InChI is InChI=1S/2C27H32NO6.C26H32NO4.C12H21NO4.3CH4.3V/c2*1-20-16-28(25(31)33-18-22-13-9-6-10-14-22)19-27(20,15-23(29)34-26(2,3)4)24(30)32-17-21-11-7-5-8-12-21;1-20-16-27(17-21-11-7-5-8-12-21)19-26(20,15-23(28)31-25(2,3)4)24(29)30-18-22-13-9-6-10-14-22;1-8-6-13-7-12(8,10(15)16)5-9(14)17-11(2,3)4;;;;;;/h2*6-14,20H,15-19H2,1-4H3;5,7-14,20H,15-19H2,1-4H3;8,13H,5-7H2,1-4H3,(H,15,16);3*1H4;;;/q3*-1;;;;;;;/t20-,27-;;;8-,12-;;;;;;/m1..1....../s1. The van der Waals surface area contributed by atoms with Crippen LogP contribution in [-0.2, 0) is 176 Å². The molecular weight excluding hydrogens is 1670 g/mol. The fourth-order valence-electron chi connectivity index (χ4n) is 14.3. The van der Waals surface area contributed by atoms with Crippen LogP contribution >= 0.6 is 0 Å². The molecule has 0 bridgehead atoms. The third-order valence-electron chi connectivity index (χ3n) is 20.4. The van der Waals surface area contributed by atoms with Gasteiger partial charge in [-0.05, 0) is 130 Å². The minimum absolute atomic E-state index is 0. The van der Waals surface area contributed by atoms with Crippen molar-refractivity contribution in [3.05, 3.63) is 215 Å². The first-order valence-corrected chi connectivity index (χ1v) is 39.4. The van der Waals surface area contributed by atoms with E-state index in [9.17, 15) is 53.1 Å². The summed E-state index contributed by atoms with van der Waals surface area (Å²) in [5, 5.41) is 12.4. The van der Waals surface area contributed by atoms with Crippen molar-refractivity contribution >= 4 is 59.9 Å². The van der Waals surface area contributed by atoms with E-state index in [2.05, 4.69) is 40.5 Å². The van der Waals surface area contributed by atoms with Crippen LogP contribution in [0.4, 0.5) is 9.59 Å². The number of hydrogen-bond donors (Lipinski definition) is 2. The maximum absolute atomic E-state index is 13.4. The zero-order valence-electron chi connectivity index (χ0n) is 71.5. The number of likely N-dealkylation sites (tertiary alicyclic amines) is 3. The number of ether oxygens (including phenoxy) is 9. The Bertz CT molecular complexity index is 4060. The Morgan fingerprint density at radius 2 is 0.631 bits per heavy atom. The largest absolute Gasteiger partial charge is 0.481 e. The molecular formula is C95H129N4O20V3-3. The number of esters is 7. The van der Waals surface area contributed by atoms with Crippen LogP contribution < -0.4 is 5.32 Å². The van der Waals surface area contributed by atoms with Gasteiger partial charge in [-0.1, -0.05) is 141 Å². The fraction of sp³-hybridized carbons (Fsp3) is 0.516. The van der Waals surface area contributed by atoms with E-state index in [1.165, 1.54) is 15.4 Å². The van der Waals surface area contributed by atoms with Crippen molar-refractivity contribution in [3.63, 3.8) is 0 Å². The monoisotopic (exact) mass is 1800 g/mol. The minimum atomic E-state index is -1.23. The molecule has 4 fully saturated rings. The number of carboxylic acid groups (broad SMARTS) is 1. The zero-order chi connectivity index (χ0) is 85.3. The van der Waals surface area contributed by atoms with E-state index in [1.807, 2.05) is 139 Å². The Balaban J connectivity index is 0.000000819. The quantitative estimate of drug-likeness (QED) is 0.0323. The third kappa shape index (κ3) is 34.4. The molecule has 2 N–H and O–H groups in total. The SMILES string of the molecule is C.C.C.CC1CN(C(=O)OCc2ccccc2)CC1(CC(=O)OC(C)(C)C)C(=O)OCc1cc[c-]cc1.CC1CN(Cc2ccccc2)CC1(CC(=O)OC(C)(C)C)C(=O)OCc1cc[c-]cc1.C[C@@H]1CN(C(=O)OCc2ccccc2)C[C@@]1(CC(=O)OC(C)(C)C)C(=O)OCc1cc[c-]cc1.C[C@@H]1CNC[C@@]1(CC(=O)OC(C)(C)C)C(=O)O.[V].[V].[V]. The van der Waals surface area contributed by atoms with Crippen molar-refractivity contribution in [2.75, 3.05) is 52.4 Å². The summed E-state index contributed by atoms with van der Waals surface area (Å²) in [5.74, 6) is -4.95. The van der Waals surface area contributed by atoms with Gasteiger partial charge in [-0.2, -0.15) is 91.0 Å². The molecule has 4 heterocycles. The summed E-state index contributed by atoms with van der Waals surface area (Å²) in [6, 6.07) is 59.2. The van der Waals surface area contributed by atoms with Gasteiger partial charge in [-0.3, -0.25) is 43.3 Å². The van der Waals surface area contributed by atoms with Gasteiger partial charge in [0, 0.05) is 108 Å². The average molecular weight is 1800 g/mol. The van der Waals surface area contributed by atoms with E-state index in [1.54, 1.807) is 123 Å². The summed E-state index contributed by atoms with van der Waals surface area (Å²) in [5.41, 5.74) is -1.57. The molecule has 8 atom stereocenters. The Morgan fingerprint density at radius 1 is 0.369 bits per heavy atom. The van der Waals surface area contributed by atoms with Gasteiger partial charge in [0.15, 0.2) is 0 Å². The number of nitrogens with zero attached hydrogens (tertiary/aromatic N) is 3. The van der Waals surface area contributed by atoms with Gasteiger partial charge >= 0.3 is 59.9 Å². The molecule has 0 aliphatic carbocycles. The number of benzene rings is 6. The fourth-order valence-corrected chi connectivity index (χ4v) is 14.3. The molecule has 4 aliphatic heterocycles. The maximum Gasteiger partial charge on any atom is 0.410 e. The molecule has 24 nitrogen and oxygen atoms in total. The Hall–Kier alpha value is -8.71. The first-order valence-electron chi connectivity index (χ1n) is 39.4. The van der Waals surface area contributed by atoms with Crippen LogP contribution in [0.5, 0.6) is 0 Å². The topological polar surface area (TPSA) is 296 Å². The molecule has 4 aliphatic rings. The van der Waals surface area contributed by atoms with Crippen LogP contribution in [0.15, 0.2) is 164 Å². The molecule has 6 aromatic rings. The second kappa shape index (κ2) is 50.3. The number of carboxylic acids is 1. The predicted molar refractivity (Wildman–Crippen MR) is 452 cm³/mol. The first kappa shape index (κ1) is 111. The van der Waals surface area contributed by atoms with E-state index < -0.39 is 92.1 Å². The zero-order valence-corrected chi connectivity index (χ0v) is 75.7. The molecule has 4 saturated heterocycles. The van der Waals surface area contributed by atoms with Gasteiger partial charge in [-0.15, -0.1) is 16.7 Å². The van der Waals surface area contributed by atoms with Gasteiger partial charge in [0.1, 0.15) is 46.4 Å². The number of amides is 2. The number of carbonyl (C=O) groups excluding carboxylic acids is 9. The van der Waals surface area contributed by atoms with E-state index in [-0.39, 0.29) is 198 Å². The van der Waals surface area contributed by atoms with Gasteiger partial charge in [0.05, 0.1) is 56.3 Å². The third-order valence-corrected chi connectivity index (χ3v) is 20.4. The summed E-state index contributed by atoms with van der Waals surface area (Å²) >= 11 is 0. The van der Waals surface area contributed by atoms with Crippen molar-refractivity contribution in [2.45, 2.75) is 221 Å². The molecule has 27 heteroatoms. The van der Waals surface area contributed by atoms with Gasteiger partial charge in [0.2, 0.25) is 0 Å². The van der Waals surface area contributed by atoms with Crippen LogP contribution in [0.3, 0.4) is 0 Å². The Morgan fingerprint density at radius 3 is 0.910 bits per heavy atom.